The van der Waals surface area contributed by atoms with Crippen molar-refractivity contribution in [3.8, 4) is 5.75 Å². The number of fused-ring (bicyclic) bond motifs is 1. The van der Waals surface area contributed by atoms with Crippen LogP contribution in [0.4, 0.5) is 0 Å². The number of carbonyl (C=O) groups is 1. The Hall–Kier alpha value is -1.81. The molecule has 0 atom stereocenters. The number of nitrogens with one attached hydrogen (secondary N) is 1. The zero-order valence-corrected chi connectivity index (χ0v) is 14.3. The molecule has 0 amide bonds. The molecule has 0 saturated heterocycles. The maximum absolute atomic E-state index is 12.0. The molecule has 1 heterocycles. The molecule has 0 spiro atoms. The van der Waals surface area contributed by atoms with Crippen LogP contribution in [0, 0.1) is 5.92 Å². The number of carbonyl (C=O) groups excluding carboxylic acids is 1. The predicted molar refractivity (Wildman–Crippen MR) is 91.1 cm³/mol. The second-order valence-corrected chi connectivity index (χ2v) is 7.06. The Morgan fingerprint density at radius 3 is 2.61 bits per heavy atom. The quantitative estimate of drug-likeness (QED) is 0.813. The monoisotopic (exact) mass is 315 g/mol. The van der Waals surface area contributed by atoms with Gasteiger partial charge in [-0.1, -0.05) is 27.7 Å². The summed E-state index contributed by atoms with van der Waals surface area (Å²) in [7, 11) is 0. The fourth-order valence-electron chi connectivity index (χ4n) is 2.95. The van der Waals surface area contributed by atoms with Gasteiger partial charge in [0.15, 0.2) is 5.76 Å². The number of hydrogen-bond acceptors (Lipinski definition) is 4. The lowest BCUT2D eigenvalue weighted by molar-refractivity contribution is 0.0815. The first-order valence-corrected chi connectivity index (χ1v) is 8.43. The summed E-state index contributed by atoms with van der Waals surface area (Å²) in [5.41, 5.74) is 0.711. The minimum Gasteiger partial charge on any atom is -0.490 e. The zero-order chi connectivity index (χ0) is 16.6. The first kappa shape index (κ1) is 16.1. The van der Waals surface area contributed by atoms with E-state index in [4.69, 9.17) is 9.15 Å². The number of Topliss-reactive ketones (excluding diaryl/α,β-unsaturated/α-hetero) is 1. The lowest BCUT2D eigenvalue weighted by Gasteiger charge is -2.37. The number of rotatable bonds is 6. The van der Waals surface area contributed by atoms with Gasteiger partial charge in [0, 0.05) is 29.5 Å². The maximum atomic E-state index is 12.0. The largest absolute Gasteiger partial charge is 0.490 e. The summed E-state index contributed by atoms with van der Waals surface area (Å²) in [5, 5.41) is 4.45. The van der Waals surface area contributed by atoms with Gasteiger partial charge in [0.25, 0.3) is 0 Å². The molecule has 23 heavy (non-hydrogen) atoms. The lowest BCUT2D eigenvalue weighted by Crippen LogP contribution is -2.49. The standard InChI is InChI=1S/C19H25NO3/c1-11(2)19(21)18-7-13-5-6-15(10-17(13)23-18)22-16-8-14(9-16)20-12(3)4/h5-7,10-12,14,16,20H,8-9H2,1-4H3. The molecule has 1 aromatic heterocycles. The highest BCUT2D eigenvalue weighted by atomic mass is 16.5. The third kappa shape index (κ3) is 3.58. The molecular formula is C19H25NO3. The summed E-state index contributed by atoms with van der Waals surface area (Å²) < 4.78 is 11.7. The number of ketones is 1. The second-order valence-electron chi connectivity index (χ2n) is 7.06. The van der Waals surface area contributed by atoms with Crippen LogP contribution in [0.5, 0.6) is 5.75 Å². The van der Waals surface area contributed by atoms with E-state index in [9.17, 15) is 4.79 Å². The molecule has 1 saturated carbocycles. The van der Waals surface area contributed by atoms with Crippen molar-refractivity contribution in [2.45, 2.75) is 58.7 Å². The topological polar surface area (TPSA) is 51.5 Å². The summed E-state index contributed by atoms with van der Waals surface area (Å²) in [4.78, 5) is 12.0. The van der Waals surface area contributed by atoms with E-state index >= 15 is 0 Å². The molecule has 0 unspecified atom stereocenters. The predicted octanol–water partition coefficient (Wildman–Crippen LogP) is 4.18. The average molecular weight is 315 g/mol. The molecule has 1 N–H and O–H groups in total. The molecule has 1 aliphatic carbocycles. The molecule has 4 nitrogen and oxygen atoms in total. The van der Waals surface area contributed by atoms with Crippen LogP contribution in [0.1, 0.15) is 51.1 Å². The van der Waals surface area contributed by atoms with Crippen LogP contribution in [0.15, 0.2) is 28.7 Å². The van der Waals surface area contributed by atoms with E-state index in [1.165, 1.54) is 0 Å². The van der Waals surface area contributed by atoms with Crippen LogP contribution in [0.2, 0.25) is 0 Å². The van der Waals surface area contributed by atoms with Crippen molar-refractivity contribution in [3.05, 3.63) is 30.0 Å². The van der Waals surface area contributed by atoms with Crippen LogP contribution in [-0.4, -0.2) is 24.0 Å². The Kier molecular flexibility index (Phi) is 4.44. The van der Waals surface area contributed by atoms with Gasteiger partial charge in [-0.15, -0.1) is 0 Å². The van der Waals surface area contributed by atoms with E-state index in [0.717, 1.165) is 24.0 Å². The van der Waals surface area contributed by atoms with Gasteiger partial charge in [0.2, 0.25) is 5.78 Å². The van der Waals surface area contributed by atoms with E-state index < -0.39 is 0 Å². The smallest absolute Gasteiger partial charge is 0.200 e. The van der Waals surface area contributed by atoms with Crippen molar-refractivity contribution >= 4 is 16.8 Å². The van der Waals surface area contributed by atoms with Crippen molar-refractivity contribution in [1.82, 2.24) is 5.32 Å². The normalized spacial score (nSPS) is 21.0. The van der Waals surface area contributed by atoms with Gasteiger partial charge < -0.3 is 14.5 Å². The Morgan fingerprint density at radius 2 is 1.96 bits per heavy atom. The molecule has 124 valence electrons. The number of ether oxygens (including phenoxy) is 1. The molecule has 1 aromatic carbocycles. The fourth-order valence-corrected chi connectivity index (χ4v) is 2.95. The van der Waals surface area contributed by atoms with Gasteiger partial charge in [-0.3, -0.25) is 4.79 Å². The van der Waals surface area contributed by atoms with E-state index in [1.54, 1.807) is 0 Å². The van der Waals surface area contributed by atoms with Gasteiger partial charge >= 0.3 is 0 Å². The van der Waals surface area contributed by atoms with Crippen molar-refractivity contribution in [2.24, 2.45) is 5.92 Å². The van der Waals surface area contributed by atoms with Crippen LogP contribution < -0.4 is 10.1 Å². The number of benzene rings is 1. The molecule has 0 radical (unpaired) electrons. The summed E-state index contributed by atoms with van der Waals surface area (Å²) in [6.45, 7) is 8.08. The number of hydrogen-bond donors (Lipinski definition) is 1. The molecule has 4 heteroatoms. The van der Waals surface area contributed by atoms with Gasteiger partial charge in [-0.2, -0.15) is 0 Å². The fraction of sp³-hybridized carbons (Fsp3) is 0.526. The van der Waals surface area contributed by atoms with Crippen LogP contribution >= 0.6 is 0 Å². The highest BCUT2D eigenvalue weighted by Gasteiger charge is 2.31. The molecule has 3 rings (SSSR count). The summed E-state index contributed by atoms with van der Waals surface area (Å²) in [6, 6.07) is 8.67. The van der Waals surface area contributed by atoms with E-state index in [-0.39, 0.29) is 17.8 Å². The van der Waals surface area contributed by atoms with Gasteiger partial charge in [0.05, 0.1) is 0 Å². The molecular weight excluding hydrogens is 290 g/mol. The van der Waals surface area contributed by atoms with Gasteiger partial charge in [-0.25, -0.2) is 0 Å². The first-order chi connectivity index (χ1) is 10.9. The lowest BCUT2D eigenvalue weighted by atomic mass is 9.88. The van der Waals surface area contributed by atoms with E-state index in [2.05, 4.69) is 19.2 Å². The van der Waals surface area contributed by atoms with Gasteiger partial charge in [-0.05, 0) is 31.0 Å². The van der Waals surface area contributed by atoms with E-state index in [0.29, 0.717) is 23.4 Å². The Labute approximate surface area is 137 Å². The van der Waals surface area contributed by atoms with Crippen molar-refractivity contribution in [2.75, 3.05) is 0 Å². The Bertz CT molecular complexity index is 696. The van der Waals surface area contributed by atoms with E-state index in [1.807, 2.05) is 38.1 Å². The minimum absolute atomic E-state index is 0.0327. The van der Waals surface area contributed by atoms with Gasteiger partial charge in [0.1, 0.15) is 17.4 Å². The molecule has 2 aromatic rings. The molecule has 0 bridgehead atoms. The average Bonchev–Trinajstić information content (AvgIpc) is 2.86. The Balaban J connectivity index is 1.66. The zero-order valence-electron chi connectivity index (χ0n) is 14.3. The van der Waals surface area contributed by atoms with Crippen molar-refractivity contribution < 1.29 is 13.9 Å². The van der Waals surface area contributed by atoms with Crippen molar-refractivity contribution in [1.29, 1.82) is 0 Å². The number of furan rings is 1. The van der Waals surface area contributed by atoms with Crippen molar-refractivity contribution in [3.63, 3.8) is 0 Å². The summed E-state index contributed by atoms with van der Waals surface area (Å²) in [5.74, 6) is 1.21. The highest BCUT2D eigenvalue weighted by Crippen LogP contribution is 2.30. The summed E-state index contributed by atoms with van der Waals surface area (Å²) in [6.07, 6.45) is 2.33. The Morgan fingerprint density at radius 1 is 1.22 bits per heavy atom. The molecule has 0 aliphatic heterocycles. The highest BCUT2D eigenvalue weighted by molar-refractivity contribution is 5.98. The van der Waals surface area contributed by atoms with Crippen LogP contribution in [-0.2, 0) is 0 Å². The first-order valence-electron chi connectivity index (χ1n) is 8.43. The third-order valence-corrected chi connectivity index (χ3v) is 4.23. The molecule has 1 fully saturated rings. The second kappa shape index (κ2) is 6.36. The van der Waals surface area contributed by atoms with Crippen LogP contribution in [0.3, 0.4) is 0 Å². The van der Waals surface area contributed by atoms with Crippen LogP contribution in [0.25, 0.3) is 11.0 Å². The minimum atomic E-state index is -0.0633. The molecule has 1 aliphatic rings. The SMILES string of the molecule is CC(C)NC1CC(Oc2ccc3cc(C(=O)C(C)C)oc3c2)C1. The summed E-state index contributed by atoms with van der Waals surface area (Å²) >= 11 is 0. The third-order valence-electron chi connectivity index (χ3n) is 4.23. The maximum Gasteiger partial charge on any atom is 0.200 e.